The Morgan fingerprint density at radius 3 is 2.83 bits per heavy atom. The molecule has 0 aromatic carbocycles. The van der Waals surface area contributed by atoms with Crippen LogP contribution in [-0.2, 0) is 11.4 Å². The second-order valence-electron chi connectivity index (χ2n) is 4.65. The predicted octanol–water partition coefficient (Wildman–Crippen LogP) is 1.11. The number of methoxy groups -OCH3 is 1. The lowest BCUT2D eigenvalue weighted by Crippen LogP contribution is -2.36. The molecule has 100 valence electrons. The number of nitro groups is 1. The summed E-state index contributed by atoms with van der Waals surface area (Å²) in [7, 11) is 1.73. The molecule has 0 spiro atoms. The summed E-state index contributed by atoms with van der Waals surface area (Å²) >= 11 is 0. The molecule has 1 saturated heterocycles. The molecule has 0 radical (unpaired) electrons. The van der Waals surface area contributed by atoms with Crippen molar-refractivity contribution in [2.45, 2.75) is 19.5 Å². The monoisotopic (exact) mass is 254 g/mol. The average Bonchev–Trinajstić information content (AvgIpc) is 2.81. The van der Waals surface area contributed by atoms with Gasteiger partial charge in [-0.1, -0.05) is 0 Å². The summed E-state index contributed by atoms with van der Waals surface area (Å²) in [6.07, 6.45) is 4.98. The van der Waals surface area contributed by atoms with Crippen LogP contribution in [0.15, 0.2) is 12.4 Å². The van der Waals surface area contributed by atoms with E-state index in [0.29, 0.717) is 12.6 Å². The maximum absolute atomic E-state index is 10.5. The smallest absolute Gasteiger partial charge is 0.307 e. The number of hydrogen-bond acceptors (Lipinski definition) is 5. The fourth-order valence-corrected chi connectivity index (χ4v) is 2.26. The van der Waals surface area contributed by atoms with Gasteiger partial charge in [0.25, 0.3) is 0 Å². The summed E-state index contributed by atoms with van der Waals surface area (Å²) in [5.74, 6) is 0.637. The van der Waals surface area contributed by atoms with Crippen LogP contribution < -0.4 is 0 Å². The third-order valence-corrected chi connectivity index (χ3v) is 3.28. The third kappa shape index (κ3) is 3.27. The minimum absolute atomic E-state index is 0.0456. The van der Waals surface area contributed by atoms with Gasteiger partial charge in [0.1, 0.15) is 12.4 Å². The summed E-state index contributed by atoms with van der Waals surface area (Å²) in [4.78, 5) is 12.4. The Labute approximate surface area is 105 Å². The lowest BCUT2D eigenvalue weighted by molar-refractivity contribution is -0.385. The standard InChI is InChI=1S/C11H18N4O3/c1-18-8-10-2-4-13(5-3-10)9-14-7-11(6-12-14)15(16)17/h6-7,10H,2-5,8-9H2,1H3. The van der Waals surface area contributed by atoms with E-state index in [1.54, 1.807) is 11.8 Å². The van der Waals surface area contributed by atoms with Crippen LogP contribution >= 0.6 is 0 Å². The first-order valence-corrected chi connectivity index (χ1v) is 6.07. The molecule has 1 aliphatic heterocycles. The summed E-state index contributed by atoms with van der Waals surface area (Å²) in [6.45, 7) is 3.41. The fourth-order valence-electron chi connectivity index (χ4n) is 2.26. The fraction of sp³-hybridized carbons (Fsp3) is 0.727. The van der Waals surface area contributed by atoms with Crippen LogP contribution in [0.25, 0.3) is 0 Å². The number of ether oxygens (including phenoxy) is 1. The Kier molecular flexibility index (Phi) is 4.27. The van der Waals surface area contributed by atoms with Gasteiger partial charge in [0.05, 0.1) is 11.6 Å². The molecule has 0 atom stereocenters. The first-order chi connectivity index (χ1) is 8.69. The molecule has 0 N–H and O–H groups in total. The van der Waals surface area contributed by atoms with Gasteiger partial charge >= 0.3 is 5.69 Å². The van der Waals surface area contributed by atoms with Gasteiger partial charge in [0.2, 0.25) is 0 Å². The average molecular weight is 254 g/mol. The Hall–Kier alpha value is -1.47. The van der Waals surface area contributed by atoms with Gasteiger partial charge in [0.15, 0.2) is 0 Å². The molecule has 0 unspecified atom stereocenters. The predicted molar refractivity (Wildman–Crippen MR) is 65.1 cm³/mol. The van der Waals surface area contributed by atoms with Crippen molar-refractivity contribution in [1.29, 1.82) is 0 Å². The van der Waals surface area contributed by atoms with Crippen LogP contribution in [0.1, 0.15) is 12.8 Å². The van der Waals surface area contributed by atoms with Crippen molar-refractivity contribution < 1.29 is 9.66 Å². The van der Waals surface area contributed by atoms with Crippen molar-refractivity contribution in [3.05, 3.63) is 22.5 Å². The molecule has 1 aromatic rings. The summed E-state index contributed by atoms with van der Waals surface area (Å²) < 4.78 is 6.77. The number of piperidine rings is 1. The van der Waals surface area contributed by atoms with Crippen molar-refractivity contribution >= 4 is 5.69 Å². The zero-order valence-corrected chi connectivity index (χ0v) is 10.5. The first kappa shape index (κ1) is 13.0. The van der Waals surface area contributed by atoms with E-state index in [1.165, 1.54) is 12.4 Å². The highest BCUT2D eigenvalue weighted by Crippen LogP contribution is 2.18. The van der Waals surface area contributed by atoms with Gasteiger partial charge in [-0.2, -0.15) is 5.10 Å². The van der Waals surface area contributed by atoms with Crippen molar-refractivity contribution in [3.8, 4) is 0 Å². The number of likely N-dealkylation sites (tertiary alicyclic amines) is 1. The van der Waals surface area contributed by atoms with Crippen LogP contribution in [0.4, 0.5) is 5.69 Å². The molecule has 0 saturated carbocycles. The minimum atomic E-state index is -0.422. The van der Waals surface area contributed by atoms with Gasteiger partial charge in [-0.3, -0.25) is 19.7 Å². The SMILES string of the molecule is COCC1CCN(Cn2cc([N+](=O)[O-])cn2)CC1. The zero-order chi connectivity index (χ0) is 13.0. The summed E-state index contributed by atoms with van der Waals surface area (Å²) in [6, 6.07) is 0. The number of nitrogens with zero attached hydrogens (tertiary/aromatic N) is 4. The van der Waals surface area contributed by atoms with Gasteiger partial charge in [-0.15, -0.1) is 0 Å². The van der Waals surface area contributed by atoms with Crippen molar-refractivity contribution in [2.75, 3.05) is 26.8 Å². The topological polar surface area (TPSA) is 73.4 Å². The largest absolute Gasteiger partial charge is 0.384 e. The Morgan fingerprint density at radius 1 is 1.56 bits per heavy atom. The van der Waals surface area contributed by atoms with Crippen LogP contribution in [0.3, 0.4) is 0 Å². The molecule has 7 heteroatoms. The second kappa shape index (κ2) is 5.92. The molecule has 2 rings (SSSR count). The summed E-state index contributed by atoms with van der Waals surface area (Å²) in [5.41, 5.74) is 0.0456. The number of rotatable bonds is 5. The maximum Gasteiger partial charge on any atom is 0.307 e. The normalized spacial score (nSPS) is 18.1. The van der Waals surface area contributed by atoms with Gasteiger partial charge in [-0.05, 0) is 18.8 Å². The van der Waals surface area contributed by atoms with E-state index in [9.17, 15) is 10.1 Å². The van der Waals surface area contributed by atoms with Crippen molar-refractivity contribution in [2.24, 2.45) is 5.92 Å². The quantitative estimate of drug-likeness (QED) is 0.581. The molecule has 1 aromatic heterocycles. The highest BCUT2D eigenvalue weighted by atomic mass is 16.6. The third-order valence-electron chi connectivity index (χ3n) is 3.28. The van der Waals surface area contributed by atoms with Crippen LogP contribution in [0.2, 0.25) is 0 Å². The van der Waals surface area contributed by atoms with Crippen LogP contribution in [0.5, 0.6) is 0 Å². The van der Waals surface area contributed by atoms with Crippen LogP contribution in [-0.4, -0.2) is 46.4 Å². The van der Waals surface area contributed by atoms with E-state index in [1.807, 2.05) is 0 Å². The molecular formula is C11H18N4O3. The molecule has 1 fully saturated rings. The van der Waals surface area contributed by atoms with Gasteiger partial charge in [0, 0.05) is 26.8 Å². The Morgan fingerprint density at radius 2 is 2.28 bits per heavy atom. The minimum Gasteiger partial charge on any atom is -0.384 e. The number of hydrogen-bond donors (Lipinski definition) is 0. The lowest BCUT2D eigenvalue weighted by atomic mass is 9.98. The van der Waals surface area contributed by atoms with E-state index >= 15 is 0 Å². The van der Waals surface area contributed by atoms with E-state index in [-0.39, 0.29) is 5.69 Å². The summed E-state index contributed by atoms with van der Waals surface area (Å²) in [5, 5.41) is 14.5. The van der Waals surface area contributed by atoms with E-state index < -0.39 is 4.92 Å². The molecule has 0 bridgehead atoms. The molecule has 0 amide bonds. The Bertz CT molecular complexity index is 399. The first-order valence-electron chi connectivity index (χ1n) is 6.07. The maximum atomic E-state index is 10.5. The van der Waals surface area contributed by atoms with E-state index in [0.717, 1.165) is 32.5 Å². The second-order valence-corrected chi connectivity index (χ2v) is 4.65. The lowest BCUT2D eigenvalue weighted by Gasteiger charge is -2.31. The molecule has 2 heterocycles. The molecule has 7 nitrogen and oxygen atoms in total. The van der Waals surface area contributed by atoms with Gasteiger partial charge < -0.3 is 4.74 Å². The van der Waals surface area contributed by atoms with E-state index in [2.05, 4.69) is 10.00 Å². The van der Waals surface area contributed by atoms with Crippen molar-refractivity contribution in [3.63, 3.8) is 0 Å². The zero-order valence-electron chi connectivity index (χ0n) is 10.5. The van der Waals surface area contributed by atoms with Crippen LogP contribution in [0, 0.1) is 16.0 Å². The Balaban J connectivity index is 1.82. The highest BCUT2D eigenvalue weighted by molar-refractivity contribution is 5.20. The molecule has 0 aliphatic carbocycles. The molecule has 18 heavy (non-hydrogen) atoms. The number of aromatic nitrogens is 2. The highest BCUT2D eigenvalue weighted by Gasteiger charge is 2.19. The van der Waals surface area contributed by atoms with Crippen molar-refractivity contribution in [1.82, 2.24) is 14.7 Å². The van der Waals surface area contributed by atoms with Gasteiger partial charge in [-0.25, -0.2) is 0 Å². The van der Waals surface area contributed by atoms with E-state index in [4.69, 9.17) is 4.74 Å². The molecule has 1 aliphatic rings. The molecular weight excluding hydrogens is 236 g/mol.